The third-order valence-corrected chi connectivity index (χ3v) is 4.62. The van der Waals surface area contributed by atoms with Crippen LogP contribution in [0.3, 0.4) is 0 Å². The SMILES string of the molecule is Cc1ccccc1-c1cc(C=O)cc(N2CCCN(C)CC2)c1. The predicted octanol–water partition coefficient (Wildman–Crippen LogP) is 3.62. The van der Waals surface area contributed by atoms with Crippen LogP contribution in [0.5, 0.6) is 0 Å². The van der Waals surface area contributed by atoms with Crippen LogP contribution >= 0.6 is 0 Å². The summed E-state index contributed by atoms with van der Waals surface area (Å²) in [4.78, 5) is 16.2. The molecule has 1 heterocycles. The van der Waals surface area contributed by atoms with Gasteiger partial charge >= 0.3 is 0 Å². The van der Waals surface area contributed by atoms with E-state index >= 15 is 0 Å². The minimum Gasteiger partial charge on any atom is -0.370 e. The van der Waals surface area contributed by atoms with E-state index < -0.39 is 0 Å². The maximum Gasteiger partial charge on any atom is 0.150 e. The first-order chi connectivity index (χ1) is 11.2. The number of anilines is 1. The van der Waals surface area contributed by atoms with E-state index in [2.05, 4.69) is 48.0 Å². The highest BCUT2D eigenvalue weighted by atomic mass is 16.1. The Balaban J connectivity index is 1.99. The Bertz CT molecular complexity index is 696. The third-order valence-electron chi connectivity index (χ3n) is 4.62. The molecule has 2 aromatic rings. The number of hydrogen-bond acceptors (Lipinski definition) is 3. The van der Waals surface area contributed by atoms with Crippen LogP contribution in [0.25, 0.3) is 11.1 Å². The molecule has 1 aliphatic heterocycles. The van der Waals surface area contributed by atoms with Gasteiger partial charge in [-0.25, -0.2) is 0 Å². The summed E-state index contributed by atoms with van der Waals surface area (Å²) >= 11 is 0. The summed E-state index contributed by atoms with van der Waals surface area (Å²) in [5.74, 6) is 0. The first-order valence-corrected chi connectivity index (χ1v) is 8.27. The Morgan fingerprint density at radius 1 is 1.00 bits per heavy atom. The molecule has 120 valence electrons. The van der Waals surface area contributed by atoms with Crippen LogP contribution in [0.15, 0.2) is 42.5 Å². The molecule has 0 spiro atoms. The van der Waals surface area contributed by atoms with E-state index in [9.17, 15) is 4.79 Å². The highest BCUT2D eigenvalue weighted by Crippen LogP contribution is 2.29. The molecule has 0 aromatic heterocycles. The second kappa shape index (κ2) is 6.97. The number of nitrogens with zero attached hydrogens (tertiary/aromatic N) is 2. The minimum atomic E-state index is 0.748. The quantitative estimate of drug-likeness (QED) is 0.809. The van der Waals surface area contributed by atoms with E-state index in [-0.39, 0.29) is 0 Å². The first-order valence-electron chi connectivity index (χ1n) is 8.27. The lowest BCUT2D eigenvalue weighted by Crippen LogP contribution is -2.28. The van der Waals surface area contributed by atoms with Gasteiger partial charge in [0.05, 0.1) is 0 Å². The van der Waals surface area contributed by atoms with Crippen molar-refractivity contribution in [3.05, 3.63) is 53.6 Å². The zero-order valence-corrected chi connectivity index (χ0v) is 14.0. The molecule has 3 rings (SSSR count). The molecule has 3 nitrogen and oxygen atoms in total. The molecule has 0 radical (unpaired) electrons. The number of aldehydes is 1. The van der Waals surface area contributed by atoms with Crippen molar-refractivity contribution in [1.29, 1.82) is 0 Å². The monoisotopic (exact) mass is 308 g/mol. The molecule has 23 heavy (non-hydrogen) atoms. The van der Waals surface area contributed by atoms with Gasteiger partial charge in [0.25, 0.3) is 0 Å². The van der Waals surface area contributed by atoms with Crippen molar-refractivity contribution in [1.82, 2.24) is 4.90 Å². The van der Waals surface area contributed by atoms with Crippen molar-refractivity contribution < 1.29 is 4.79 Å². The molecule has 0 N–H and O–H groups in total. The van der Waals surface area contributed by atoms with E-state index in [1.165, 1.54) is 11.1 Å². The number of aryl methyl sites for hydroxylation is 1. The first kappa shape index (κ1) is 15.8. The van der Waals surface area contributed by atoms with E-state index in [1.54, 1.807) is 0 Å². The molecule has 0 amide bonds. The smallest absolute Gasteiger partial charge is 0.150 e. The van der Waals surface area contributed by atoms with Crippen LogP contribution in [0.1, 0.15) is 22.3 Å². The Hall–Kier alpha value is -2.13. The van der Waals surface area contributed by atoms with Gasteiger partial charge in [-0.15, -0.1) is 0 Å². The standard InChI is InChI=1S/C20H24N2O/c1-16-6-3-4-7-20(16)18-12-17(15-23)13-19(14-18)22-9-5-8-21(2)10-11-22/h3-4,6-7,12-15H,5,8-11H2,1-2H3. The maximum absolute atomic E-state index is 11.4. The number of carbonyl (C=O) groups excluding carboxylic acids is 1. The van der Waals surface area contributed by atoms with Gasteiger partial charge < -0.3 is 9.80 Å². The van der Waals surface area contributed by atoms with Crippen LogP contribution in [-0.2, 0) is 0 Å². The van der Waals surface area contributed by atoms with Crippen molar-refractivity contribution in [3.63, 3.8) is 0 Å². The molecule has 1 fully saturated rings. The Kier molecular flexibility index (Phi) is 4.77. The van der Waals surface area contributed by atoms with Gasteiger partial charge in [-0.05, 0) is 61.8 Å². The van der Waals surface area contributed by atoms with Crippen LogP contribution in [-0.4, -0.2) is 44.4 Å². The number of benzene rings is 2. The summed E-state index contributed by atoms with van der Waals surface area (Å²) in [6.45, 7) is 6.36. The third kappa shape index (κ3) is 3.62. The molecule has 1 saturated heterocycles. The zero-order valence-electron chi connectivity index (χ0n) is 14.0. The summed E-state index contributed by atoms with van der Waals surface area (Å²) in [7, 11) is 2.17. The molecule has 3 heteroatoms. The van der Waals surface area contributed by atoms with Crippen molar-refractivity contribution in [3.8, 4) is 11.1 Å². The van der Waals surface area contributed by atoms with Crippen molar-refractivity contribution in [2.45, 2.75) is 13.3 Å². The molecule has 0 saturated carbocycles. The number of rotatable bonds is 3. The summed E-state index contributed by atoms with van der Waals surface area (Å²) < 4.78 is 0. The van der Waals surface area contributed by atoms with Crippen molar-refractivity contribution in [2.24, 2.45) is 0 Å². The normalized spacial score (nSPS) is 16.2. The van der Waals surface area contributed by atoms with Gasteiger partial charge in [0.15, 0.2) is 0 Å². The number of likely N-dealkylation sites (N-methyl/N-ethyl adjacent to an activating group) is 1. The van der Waals surface area contributed by atoms with Crippen LogP contribution in [0.2, 0.25) is 0 Å². The number of carbonyl (C=O) groups is 1. The Morgan fingerprint density at radius 3 is 2.61 bits per heavy atom. The van der Waals surface area contributed by atoms with Gasteiger partial charge in [0, 0.05) is 30.9 Å². The van der Waals surface area contributed by atoms with Crippen molar-refractivity contribution in [2.75, 3.05) is 38.1 Å². The van der Waals surface area contributed by atoms with Gasteiger partial charge in [-0.2, -0.15) is 0 Å². The average Bonchev–Trinajstić information content (AvgIpc) is 2.79. The summed E-state index contributed by atoms with van der Waals surface area (Å²) in [6, 6.07) is 14.6. The lowest BCUT2D eigenvalue weighted by Gasteiger charge is -2.24. The molecular weight excluding hydrogens is 284 g/mol. The largest absolute Gasteiger partial charge is 0.370 e. The summed E-state index contributed by atoms with van der Waals surface area (Å²) in [5, 5.41) is 0. The Morgan fingerprint density at radius 2 is 1.83 bits per heavy atom. The van der Waals surface area contributed by atoms with Crippen LogP contribution in [0, 0.1) is 6.92 Å². The van der Waals surface area contributed by atoms with Crippen LogP contribution < -0.4 is 4.90 Å². The fourth-order valence-corrected chi connectivity index (χ4v) is 3.24. The molecule has 1 aliphatic rings. The lowest BCUT2D eigenvalue weighted by molar-refractivity contribution is 0.112. The molecule has 0 aliphatic carbocycles. The van der Waals surface area contributed by atoms with Gasteiger partial charge in [-0.1, -0.05) is 24.3 Å². The lowest BCUT2D eigenvalue weighted by atomic mass is 9.98. The highest BCUT2D eigenvalue weighted by molar-refractivity contribution is 5.83. The van der Waals surface area contributed by atoms with Crippen molar-refractivity contribution >= 4 is 12.0 Å². The highest BCUT2D eigenvalue weighted by Gasteiger charge is 2.14. The number of hydrogen-bond donors (Lipinski definition) is 0. The zero-order chi connectivity index (χ0) is 16.2. The van der Waals surface area contributed by atoms with E-state index in [1.807, 2.05) is 18.2 Å². The minimum absolute atomic E-state index is 0.748. The summed E-state index contributed by atoms with van der Waals surface area (Å²) in [6.07, 6.45) is 2.11. The van der Waals surface area contributed by atoms with Crippen LogP contribution in [0.4, 0.5) is 5.69 Å². The molecule has 0 atom stereocenters. The van der Waals surface area contributed by atoms with E-state index in [4.69, 9.17) is 0 Å². The maximum atomic E-state index is 11.4. The summed E-state index contributed by atoms with van der Waals surface area (Å²) in [5.41, 5.74) is 5.46. The Labute approximate surface area is 138 Å². The fourth-order valence-electron chi connectivity index (χ4n) is 3.24. The molecule has 2 aromatic carbocycles. The predicted molar refractivity (Wildman–Crippen MR) is 96.3 cm³/mol. The van der Waals surface area contributed by atoms with E-state index in [0.717, 1.165) is 55.7 Å². The van der Waals surface area contributed by atoms with Gasteiger partial charge in [0.1, 0.15) is 6.29 Å². The average molecular weight is 308 g/mol. The second-order valence-corrected chi connectivity index (χ2v) is 6.39. The topological polar surface area (TPSA) is 23.6 Å². The molecule has 0 unspecified atom stereocenters. The fraction of sp³-hybridized carbons (Fsp3) is 0.350. The van der Waals surface area contributed by atoms with E-state index in [0.29, 0.717) is 0 Å². The van der Waals surface area contributed by atoms with Gasteiger partial charge in [0.2, 0.25) is 0 Å². The molecule has 0 bridgehead atoms. The van der Waals surface area contributed by atoms with Gasteiger partial charge in [-0.3, -0.25) is 4.79 Å². The second-order valence-electron chi connectivity index (χ2n) is 6.39. The molecular formula is C20H24N2O.